The Morgan fingerprint density at radius 2 is 1.80 bits per heavy atom. The van der Waals surface area contributed by atoms with Crippen molar-refractivity contribution in [2.24, 2.45) is 5.92 Å². The number of methoxy groups -OCH3 is 1. The third-order valence-electron chi connectivity index (χ3n) is 6.34. The molecule has 0 amide bonds. The molecule has 1 aromatic rings. The molecule has 1 aliphatic rings. The normalized spacial score (nSPS) is 22.4. The van der Waals surface area contributed by atoms with E-state index in [1.807, 2.05) is 24.3 Å². The molecule has 168 valence electrons. The Balaban J connectivity index is 2.17. The summed E-state index contributed by atoms with van der Waals surface area (Å²) in [6, 6.07) is 7.88. The molecule has 0 radical (unpaired) electrons. The molecule has 0 heterocycles. The standard InChI is InChI=1S/C24H38O5Si/c1-17-9-14-22(29-18(2)25)21(16-28-30(7,8)24(3,4)5)23(17)27-15-19-10-12-20(26-6)13-11-19/h9-13,21-23H,14-16H2,1-8H3/t21-,22+,23+/m1/s1. The van der Waals surface area contributed by atoms with Gasteiger partial charge in [-0.05, 0) is 48.3 Å². The number of hydrogen-bond acceptors (Lipinski definition) is 5. The topological polar surface area (TPSA) is 54.0 Å². The van der Waals surface area contributed by atoms with Crippen LogP contribution in [0, 0.1) is 5.92 Å². The highest BCUT2D eigenvalue weighted by Gasteiger charge is 2.41. The number of ether oxygens (including phenoxy) is 3. The van der Waals surface area contributed by atoms with Gasteiger partial charge in [0.05, 0.1) is 19.8 Å². The van der Waals surface area contributed by atoms with Crippen molar-refractivity contribution in [3.63, 3.8) is 0 Å². The van der Waals surface area contributed by atoms with Gasteiger partial charge in [0, 0.05) is 25.9 Å². The number of rotatable bonds is 8. The second-order valence-electron chi connectivity index (χ2n) is 9.65. The summed E-state index contributed by atoms with van der Waals surface area (Å²) in [6.45, 7) is 15.7. The highest BCUT2D eigenvalue weighted by atomic mass is 28.4. The summed E-state index contributed by atoms with van der Waals surface area (Å²) in [6.07, 6.45) is 2.42. The van der Waals surface area contributed by atoms with Crippen molar-refractivity contribution >= 4 is 14.3 Å². The zero-order chi connectivity index (χ0) is 22.5. The molecule has 0 fully saturated rings. The molecule has 2 rings (SSSR count). The van der Waals surface area contributed by atoms with E-state index in [2.05, 4.69) is 46.9 Å². The predicted octanol–water partition coefficient (Wildman–Crippen LogP) is 5.50. The van der Waals surface area contributed by atoms with Crippen molar-refractivity contribution < 1.29 is 23.4 Å². The van der Waals surface area contributed by atoms with E-state index in [9.17, 15) is 4.79 Å². The number of hydrogen-bond donors (Lipinski definition) is 0. The van der Waals surface area contributed by atoms with E-state index >= 15 is 0 Å². The van der Waals surface area contributed by atoms with Gasteiger partial charge in [-0.15, -0.1) is 0 Å². The van der Waals surface area contributed by atoms with Crippen LogP contribution in [0.1, 0.15) is 46.6 Å². The number of esters is 1. The number of carbonyl (C=O) groups is 1. The number of benzene rings is 1. The van der Waals surface area contributed by atoms with Gasteiger partial charge in [0.25, 0.3) is 0 Å². The van der Waals surface area contributed by atoms with Gasteiger partial charge in [-0.2, -0.15) is 0 Å². The van der Waals surface area contributed by atoms with Gasteiger partial charge in [0.15, 0.2) is 8.32 Å². The maximum Gasteiger partial charge on any atom is 0.302 e. The molecule has 0 aliphatic heterocycles. The van der Waals surface area contributed by atoms with Crippen LogP contribution in [-0.4, -0.2) is 40.2 Å². The van der Waals surface area contributed by atoms with E-state index < -0.39 is 8.32 Å². The first-order valence-electron chi connectivity index (χ1n) is 10.7. The van der Waals surface area contributed by atoms with Crippen molar-refractivity contribution in [1.29, 1.82) is 0 Å². The lowest BCUT2D eigenvalue weighted by molar-refractivity contribution is -0.154. The summed E-state index contributed by atoms with van der Waals surface area (Å²) in [5.74, 6) is 0.522. The van der Waals surface area contributed by atoms with Crippen molar-refractivity contribution in [2.45, 2.75) is 78.0 Å². The van der Waals surface area contributed by atoms with Crippen LogP contribution < -0.4 is 4.74 Å². The lowest BCUT2D eigenvalue weighted by Gasteiger charge is -2.41. The van der Waals surface area contributed by atoms with Crippen LogP contribution >= 0.6 is 0 Å². The van der Waals surface area contributed by atoms with E-state index in [4.69, 9.17) is 18.6 Å². The quantitative estimate of drug-likeness (QED) is 0.307. The van der Waals surface area contributed by atoms with E-state index in [0.717, 1.165) is 16.9 Å². The first kappa shape index (κ1) is 24.6. The molecule has 0 saturated heterocycles. The van der Waals surface area contributed by atoms with Gasteiger partial charge in [-0.25, -0.2) is 0 Å². The Morgan fingerprint density at radius 1 is 1.17 bits per heavy atom. The van der Waals surface area contributed by atoms with Crippen LogP contribution in [0.15, 0.2) is 35.9 Å². The average Bonchev–Trinajstić information content (AvgIpc) is 2.66. The molecule has 30 heavy (non-hydrogen) atoms. The highest BCUT2D eigenvalue weighted by Crippen LogP contribution is 2.38. The molecular formula is C24H38O5Si. The van der Waals surface area contributed by atoms with Gasteiger partial charge in [0.1, 0.15) is 11.9 Å². The molecule has 5 nitrogen and oxygen atoms in total. The summed E-state index contributed by atoms with van der Waals surface area (Å²) in [4.78, 5) is 11.7. The molecule has 0 aromatic heterocycles. The molecular weight excluding hydrogens is 396 g/mol. The minimum Gasteiger partial charge on any atom is -0.497 e. The molecule has 0 N–H and O–H groups in total. The van der Waals surface area contributed by atoms with Crippen LogP contribution in [0.5, 0.6) is 5.75 Å². The van der Waals surface area contributed by atoms with Crippen LogP contribution in [0.25, 0.3) is 0 Å². The van der Waals surface area contributed by atoms with E-state index in [0.29, 0.717) is 19.6 Å². The largest absolute Gasteiger partial charge is 0.497 e. The average molecular weight is 435 g/mol. The van der Waals surface area contributed by atoms with E-state index in [1.54, 1.807) is 7.11 Å². The summed E-state index contributed by atoms with van der Waals surface area (Å²) in [5, 5.41) is 0.114. The molecule has 6 heteroatoms. The zero-order valence-electron chi connectivity index (χ0n) is 19.8. The second-order valence-corrected chi connectivity index (χ2v) is 14.5. The maximum atomic E-state index is 11.7. The molecule has 0 unspecified atom stereocenters. The summed E-state index contributed by atoms with van der Waals surface area (Å²) in [5.41, 5.74) is 2.23. The van der Waals surface area contributed by atoms with Gasteiger partial charge in [-0.1, -0.05) is 39.0 Å². The third-order valence-corrected chi connectivity index (χ3v) is 10.8. The summed E-state index contributed by atoms with van der Waals surface area (Å²) < 4.78 is 23.8. The third kappa shape index (κ3) is 6.43. The van der Waals surface area contributed by atoms with Crippen molar-refractivity contribution in [1.82, 2.24) is 0 Å². The Kier molecular flexibility index (Phi) is 8.31. The Bertz CT molecular complexity index is 733. The first-order valence-corrected chi connectivity index (χ1v) is 13.6. The number of carbonyl (C=O) groups excluding carboxylic acids is 1. The lowest BCUT2D eigenvalue weighted by Crippen LogP contribution is -2.47. The fourth-order valence-electron chi connectivity index (χ4n) is 3.35. The Morgan fingerprint density at radius 3 is 2.33 bits per heavy atom. The summed E-state index contributed by atoms with van der Waals surface area (Å²) in [7, 11) is -0.280. The predicted molar refractivity (Wildman–Crippen MR) is 122 cm³/mol. The highest BCUT2D eigenvalue weighted by molar-refractivity contribution is 6.74. The van der Waals surface area contributed by atoms with Crippen molar-refractivity contribution in [3.8, 4) is 5.75 Å². The van der Waals surface area contributed by atoms with Crippen LogP contribution in [0.4, 0.5) is 0 Å². The molecule has 0 bridgehead atoms. The van der Waals surface area contributed by atoms with Crippen LogP contribution in [-0.2, 0) is 25.3 Å². The second kappa shape index (κ2) is 10.1. The molecule has 1 aliphatic carbocycles. The maximum absolute atomic E-state index is 11.7. The van der Waals surface area contributed by atoms with Gasteiger partial charge in [-0.3, -0.25) is 4.79 Å². The van der Waals surface area contributed by atoms with Crippen LogP contribution in [0.3, 0.4) is 0 Å². The minimum atomic E-state index is -1.94. The van der Waals surface area contributed by atoms with Crippen LogP contribution in [0.2, 0.25) is 18.1 Å². The molecule has 1 aromatic carbocycles. The lowest BCUT2D eigenvalue weighted by atomic mass is 9.84. The van der Waals surface area contributed by atoms with Gasteiger partial charge < -0.3 is 18.6 Å². The monoisotopic (exact) mass is 434 g/mol. The Hall–Kier alpha value is -1.63. The van der Waals surface area contributed by atoms with Gasteiger partial charge >= 0.3 is 5.97 Å². The molecule has 3 atom stereocenters. The van der Waals surface area contributed by atoms with E-state index in [-0.39, 0.29) is 29.1 Å². The SMILES string of the molecule is COc1ccc(CO[C@H]2C(C)=CC[C@H](OC(C)=O)[C@H]2CO[Si](C)(C)C(C)(C)C)cc1. The fraction of sp³-hybridized carbons (Fsp3) is 0.625. The van der Waals surface area contributed by atoms with Crippen molar-refractivity contribution in [2.75, 3.05) is 13.7 Å². The molecule has 0 saturated carbocycles. The first-order chi connectivity index (χ1) is 13.9. The smallest absolute Gasteiger partial charge is 0.302 e. The van der Waals surface area contributed by atoms with Gasteiger partial charge in [0.2, 0.25) is 0 Å². The zero-order valence-corrected chi connectivity index (χ0v) is 20.8. The molecule has 0 spiro atoms. The van der Waals surface area contributed by atoms with E-state index in [1.165, 1.54) is 6.92 Å². The Labute approximate surface area is 182 Å². The summed E-state index contributed by atoms with van der Waals surface area (Å²) >= 11 is 0. The minimum absolute atomic E-state index is 0.0359. The van der Waals surface area contributed by atoms with Crippen molar-refractivity contribution in [3.05, 3.63) is 41.5 Å². The fourth-order valence-corrected chi connectivity index (χ4v) is 4.40.